The molecule has 2 aromatic heterocycles. The number of fused-ring (bicyclic) bond motifs is 1. The van der Waals surface area contributed by atoms with E-state index in [-0.39, 0.29) is 24.5 Å². The summed E-state index contributed by atoms with van der Waals surface area (Å²) in [6.07, 6.45) is -3.45. The highest BCUT2D eigenvalue weighted by Gasteiger charge is 2.46. The number of benzene rings is 1. The topological polar surface area (TPSA) is 72.1 Å². The first-order valence-corrected chi connectivity index (χ1v) is 8.80. The zero-order valence-corrected chi connectivity index (χ0v) is 14.9. The van der Waals surface area contributed by atoms with Gasteiger partial charge in [-0.2, -0.15) is 18.3 Å². The zero-order chi connectivity index (χ0) is 20.6. The molecule has 1 aromatic carbocycles. The maximum absolute atomic E-state index is 13.7. The lowest BCUT2D eigenvalue weighted by molar-refractivity contribution is -0.173. The number of aromatic nitrogens is 2. The molecule has 0 fully saturated rings. The Morgan fingerprint density at radius 2 is 2.03 bits per heavy atom. The SMILES string of the molecule is O=C(NCc1ccco1)c1cc2n(n1)[C@@H](C(F)(F)F)C[C@@H](c1ccc(F)cc1)N2. The van der Waals surface area contributed by atoms with Gasteiger partial charge in [-0.15, -0.1) is 0 Å². The molecule has 0 spiro atoms. The number of carbonyl (C=O) groups excluding carboxylic acids is 1. The van der Waals surface area contributed by atoms with Crippen molar-refractivity contribution in [2.24, 2.45) is 0 Å². The van der Waals surface area contributed by atoms with Gasteiger partial charge in [0.25, 0.3) is 5.91 Å². The fourth-order valence-corrected chi connectivity index (χ4v) is 3.27. The number of anilines is 1. The molecule has 29 heavy (non-hydrogen) atoms. The van der Waals surface area contributed by atoms with Gasteiger partial charge in [0.15, 0.2) is 11.7 Å². The number of hydrogen-bond acceptors (Lipinski definition) is 4. The van der Waals surface area contributed by atoms with Gasteiger partial charge in [-0.3, -0.25) is 4.79 Å². The van der Waals surface area contributed by atoms with E-state index in [4.69, 9.17) is 4.42 Å². The number of nitrogens with zero attached hydrogens (tertiary/aromatic N) is 2. The molecule has 3 heterocycles. The molecule has 1 aliphatic heterocycles. The molecule has 10 heteroatoms. The molecule has 0 bridgehead atoms. The second-order valence-corrected chi connectivity index (χ2v) is 6.66. The second kappa shape index (κ2) is 7.26. The van der Waals surface area contributed by atoms with Crippen molar-refractivity contribution < 1.29 is 26.8 Å². The highest BCUT2D eigenvalue weighted by Crippen LogP contribution is 2.43. The highest BCUT2D eigenvalue weighted by atomic mass is 19.4. The minimum Gasteiger partial charge on any atom is -0.467 e. The molecule has 6 nitrogen and oxygen atoms in total. The van der Waals surface area contributed by atoms with Gasteiger partial charge in [-0.05, 0) is 29.8 Å². The van der Waals surface area contributed by atoms with E-state index in [0.29, 0.717) is 11.3 Å². The summed E-state index contributed by atoms with van der Waals surface area (Å²) in [5.41, 5.74) is 0.366. The van der Waals surface area contributed by atoms with Crippen molar-refractivity contribution in [2.75, 3.05) is 5.32 Å². The lowest BCUT2D eigenvalue weighted by Crippen LogP contribution is -2.35. The minimum atomic E-state index is -4.57. The molecular formula is C19H16F4N4O2. The van der Waals surface area contributed by atoms with Crippen LogP contribution in [-0.4, -0.2) is 21.9 Å². The van der Waals surface area contributed by atoms with E-state index in [2.05, 4.69) is 15.7 Å². The maximum atomic E-state index is 13.7. The van der Waals surface area contributed by atoms with Gasteiger partial charge in [0.05, 0.1) is 18.8 Å². The van der Waals surface area contributed by atoms with Gasteiger partial charge in [0.1, 0.15) is 17.4 Å². The van der Waals surface area contributed by atoms with Gasteiger partial charge < -0.3 is 15.1 Å². The van der Waals surface area contributed by atoms with Gasteiger partial charge in [-0.25, -0.2) is 9.07 Å². The Kier molecular flexibility index (Phi) is 4.77. The summed E-state index contributed by atoms with van der Waals surface area (Å²) < 4.78 is 60.0. The molecule has 0 unspecified atom stereocenters. The molecule has 4 rings (SSSR count). The number of halogens is 4. The Morgan fingerprint density at radius 3 is 2.69 bits per heavy atom. The molecule has 3 aromatic rings. The summed E-state index contributed by atoms with van der Waals surface area (Å²) in [5.74, 6) is -0.525. The quantitative estimate of drug-likeness (QED) is 0.635. The Hall–Kier alpha value is -3.30. The number of alkyl halides is 3. The van der Waals surface area contributed by atoms with E-state index in [0.717, 1.165) is 4.68 Å². The molecule has 1 aliphatic rings. The van der Waals surface area contributed by atoms with Crippen LogP contribution in [-0.2, 0) is 6.54 Å². The van der Waals surface area contributed by atoms with Crippen LogP contribution in [0.3, 0.4) is 0 Å². The van der Waals surface area contributed by atoms with E-state index in [9.17, 15) is 22.4 Å². The van der Waals surface area contributed by atoms with Gasteiger partial charge in [0, 0.05) is 12.5 Å². The third kappa shape index (κ3) is 3.96. The van der Waals surface area contributed by atoms with Crippen LogP contribution < -0.4 is 10.6 Å². The summed E-state index contributed by atoms with van der Waals surface area (Å²) in [6, 6.07) is 7.22. The molecule has 1 amide bonds. The first kappa shape index (κ1) is 19.0. The van der Waals surface area contributed by atoms with Crippen LogP contribution in [0.25, 0.3) is 0 Å². The Labute approximate surface area is 162 Å². The molecule has 152 valence electrons. The number of carbonyl (C=O) groups is 1. The van der Waals surface area contributed by atoms with Crippen LogP contribution in [0.2, 0.25) is 0 Å². The average Bonchev–Trinajstić information content (AvgIpc) is 3.34. The average molecular weight is 408 g/mol. The van der Waals surface area contributed by atoms with E-state index in [1.165, 1.54) is 36.6 Å². The monoisotopic (exact) mass is 408 g/mol. The number of rotatable bonds is 4. The number of nitrogens with one attached hydrogen (secondary N) is 2. The smallest absolute Gasteiger partial charge is 0.410 e. The van der Waals surface area contributed by atoms with Crippen molar-refractivity contribution >= 4 is 11.7 Å². The Morgan fingerprint density at radius 1 is 1.28 bits per heavy atom. The summed E-state index contributed by atoms with van der Waals surface area (Å²) in [7, 11) is 0. The first-order valence-electron chi connectivity index (χ1n) is 8.80. The number of amides is 1. The lowest BCUT2D eigenvalue weighted by Gasteiger charge is -2.33. The predicted octanol–water partition coefficient (Wildman–Crippen LogP) is 4.21. The van der Waals surface area contributed by atoms with Crippen LogP contribution in [0.4, 0.5) is 23.4 Å². The third-order valence-corrected chi connectivity index (χ3v) is 4.70. The fraction of sp³-hybridized carbons (Fsp3) is 0.263. The van der Waals surface area contributed by atoms with E-state index >= 15 is 0 Å². The van der Waals surface area contributed by atoms with Crippen molar-refractivity contribution in [3.05, 3.63) is 71.6 Å². The maximum Gasteiger partial charge on any atom is 0.410 e. The molecular weight excluding hydrogens is 392 g/mol. The van der Waals surface area contributed by atoms with Crippen molar-refractivity contribution in [2.45, 2.75) is 31.2 Å². The summed E-state index contributed by atoms with van der Waals surface area (Å²) in [4.78, 5) is 12.3. The Balaban J connectivity index is 1.59. The van der Waals surface area contributed by atoms with E-state index < -0.39 is 30.0 Å². The summed E-state index contributed by atoms with van der Waals surface area (Å²) in [5, 5.41) is 9.39. The molecule has 0 radical (unpaired) electrons. The van der Waals surface area contributed by atoms with Crippen LogP contribution in [0.15, 0.2) is 53.1 Å². The van der Waals surface area contributed by atoms with Crippen molar-refractivity contribution in [1.82, 2.24) is 15.1 Å². The van der Waals surface area contributed by atoms with Gasteiger partial charge in [0.2, 0.25) is 0 Å². The van der Waals surface area contributed by atoms with Crippen LogP contribution in [0, 0.1) is 5.82 Å². The van der Waals surface area contributed by atoms with Crippen LogP contribution in [0.5, 0.6) is 0 Å². The van der Waals surface area contributed by atoms with E-state index in [1.807, 2.05) is 0 Å². The van der Waals surface area contributed by atoms with Crippen molar-refractivity contribution in [3.8, 4) is 0 Å². The van der Waals surface area contributed by atoms with E-state index in [1.54, 1.807) is 12.1 Å². The molecule has 0 saturated carbocycles. The summed E-state index contributed by atoms with van der Waals surface area (Å²) in [6.45, 7) is 0.0857. The van der Waals surface area contributed by atoms with Crippen LogP contribution in [0.1, 0.15) is 40.3 Å². The third-order valence-electron chi connectivity index (χ3n) is 4.70. The zero-order valence-electron chi connectivity index (χ0n) is 14.9. The van der Waals surface area contributed by atoms with Crippen molar-refractivity contribution in [3.63, 3.8) is 0 Å². The highest BCUT2D eigenvalue weighted by molar-refractivity contribution is 5.93. The first-order chi connectivity index (χ1) is 13.8. The normalized spacial score (nSPS) is 18.8. The minimum absolute atomic E-state index is 0.0658. The second-order valence-electron chi connectivity index (χ2n) is 6.66. The Bertz CT molecular complexity index is 996. The fourth-order valence-electron chi connectivity index (χ4n) is 3.27. The molecule has 2 N–H and O–H groups in total. The molecule has 2 atom stereocenters. The lowest BCUT2D eigenvalue weighted by atomic mass is 9.97. The largest absolute Gasteiger partial charge is 0.467 e. The number of furan rings is 1. The molecule has 0 saturated heterocycles. The standard InChI is InChI=1S/C19H16F4N4O2/c20-12-5-3-11(4-6-12)14-8-16(19(21,22)23)27-17(25-14)9-15(26-27)18(28)24-10-13-2-1-7-29-13/h1-7,9,14,16,25H,8,10H2,(H,24,28)/t14-,16+/m0/s1. The molecule has 0 aliphatic carbocycles. The number of hydrogen-bond donors (Lipinski definition) is 2. The summed E-state index contributed by atoms with van der Waals surface area (Å²) >= 11 is 0. The van der Waals surface area contributed by atoms with Crippen LogP contribution >= 0.6 is 0 Å². The van der Waals surface area contributed by atoms with Crippen molar-refractivity contribution in [1.29, 1.82) is 0 Å². The van der Waals surface area contributed by atoms with Gasteiger partial charge in [-0.1, -0.05) is 12.1 Å². The van der Waals surface area contributed by atoms with Gasteiger partial charge >= 0.3 is 6.18 Å². The predicted molar refractivity (Wildman–Crippen MR) is 94.6 cm³/mol.